The normalized spacial score (nSPS) is 16.1. The fourth-order valence-electron chi connectivity index (χ4n) is 1.75. The monoisotopic (exact) mass is 275 g/mol. The molecule has 0 atom stereocenters. The Balaban J connectivity index is 1.90. The molecule has 0 saturated carbocycles. The van der Waals surface area contributed by atoms with Gasteiger partial charge in [-0.2, -0.15) is 0 Å². The Morgan fingerprint density at radius 3 is 2.37 bits per heavy atom. The lowest BCUT2D eigenvalue weighted by Crippen LogP contribution is -2.53. The molecule has 0 spiro atoms. The summed E-state index contributed by atoms with van der Waals surface area (Å²) < 4.78 is 39.6. The van der Waals surface area contributed by atoms with Crippen LogP contribution in [0.5, 0.6) is 5.75 Å². The van der Waals surface area contributed by atoms with Gasteiger partial charge in [0.05, 0.1) is 12.5 Å². The van der Waals surface area contributed by atoms with Crippen molar-refractivity contribution in [3.8, 4) is 5.75 Å². The van der Waals surface area contributed by atoms with Crippen LogP contribution in [0.25, 0.3) is 0 Å². The van der Waals surface area contributed by atoms with Crippen molar-refractivity contribution >= 4 is 5.91 Å². The van der Waals surface area contributed by atoms with Gasteiger partial charge in [-0.3, -0.25) is 4.79 Å². The smallest absolute Gasteiger partial charge is 0.406 e. The van der Waals surface area contributed by atoms with Crippen LogP contribution >= 0.6 is 0 Å². The van der Waals surface area contributed by atoms with Crippen molar-refractivity contribution in [2.24, 2.45) is 0 Å². The molecule has 1 aliphatic heterocycles. The van der Waals surface area contributed by atoms with E-state index in [1.54, 1.807) is 0 Å². The van der Waals surface area contributed by atoms with Crippen molar-refractivity contribution in [3.05, 3.63) is 29.8 Å². The molecule has 1 aliphatic rings. The van der Waals surface area contributed by atoms with E-state index < -0.39 is 12.5 Å². The number of hydrogen-bond donors (Lipinski definition) is 1. The molecular formula is C12H12F3NO3. The summed E-state index contributed by atoms with van der Waals surface area (Å²) in [6.07, 6.45) is -5.09. The highest BCUT2D eigenvalue weighted by molar-refractivity contribution is 5.79. The van der Waals surface area contributed by atoms with E-state index >= 15 is 0 Å². The average molecular weight is 275 g/mol. The van der Waals surface area contributed by atoms with E-state index in [4.69, 9.17) is 5.11 Å². The van der Waals surface area contributed by atoms with Crippen LogP contribution in [0.3, 0.4) is 0 Å². The molecule has 1 N–H and O–H groups in total. The Labute approximate surface area is 107 Å². The summed E-state index contributed by atoms with van der Waals surface area (Å²) >= 11 is 0. The fourth-order valence-corrected chi connectivity index (χ4v) is 1.75. The predicted molar refractivity (Wildman–Crippen MR) is 59.4 cm³/mol. The van der Waals surface area contributed by atoms with Crippen molar-refractivity contribution in [1.29, 1.82) is 0 Å². The SMILES string of the molecule is O=C(Cc1ccc(OC(F)(F)F)cc1)N1CC(O)C1. The fraction of sp³-hybridized carbons (Fsp3) is 0.417. The van der Waals surface area contributed by atoms with E-state index in [2.05, 4.69) is 4.74 Å². The Morgan fingerprint density at radius 1 is 1.32 bits per heavy atom. The lowest BCUT2D eigenvalue weighted by Gasteiger charge is -2.35. The Morgan fingerprint density at radius 2 is 1.89 bits per heavy atom. The number of carbonyl (C=O) groups is 1. The predicted octanol–water partition coefficient (Wildman–Crippen LogP) is 1.33. The first-order valence-electron chi connectivity index (χ1n) is 5.64. The van der Waals surface area contributed by atoms with Gasteiger partial charge in [0.2, 0.25) is 5.91 Å². The zero-order valence-corrected chi connectivity index (χ0v) is 9.85. The van der Waals surface area contributed by atoms with Crippen molar-refractivity contribution in [2.75, 3.05) is 13.1 Å². The molecule has 1 amide bonds. The summed E-state index contributed by atoms with van der Waals surface area (Å²) in [5, 5.41) is 9.06. The minimum atomic E-state index is -4.72. The first-order valence-corrected chi connectivity index (χ1v) is 5.64. The second kappa shape index (κ2) is 5.08. The van der Waals surface area contributed by atoms with Crippen LogP contribution in [0.2, 0.25) is 0 Å². The number of halogens is 3. The van der Waals surface area contributed by atoms with E-state index in [1.807, 2.05) is 0 Å². The van der Waals surface area contributed by atoms with Gasteiger partial charge in [0.1, 0.15) is 5.75 Å². The topological polar surface area (TPSA) is 49.8 Å². The van der Waals surface area contributed by atoms with Crippen LogP contribution in [0, 0.1) is 0 Å². The molecule has 1 aromatic carbocycles. The third-order valence-corrected chi connectivity index (χ3v) is 2.73. The Kier molecular flexibility index (Phi) is 3.66. The van der Waals surface area contributed by atoms with Crippen LogP contribution in [0.15, 0.2) is 24.3 Å². The van der Waals surface area contributed by atoms with Crippen LogP contribution in [0.4, 0.5) is 13.2 Å². The first-order chi connectivity index (χ1) is 8.83. The summed E-state index contributed by atoms with van der Waals surface area (Å²) in [5.74, 6) is -0.474. The molecule has 19 heavy (non-hydrogen) atoms. The van der Waals surface area contributed by atoms with Crippen LogP contribution < -0.4 is 4.74 Å². The molecule has 0 bridgehead atoms. The highest BCUT2D eigenvalue weighted by Gasteiger charge is 2.31. The number of β-amino-alcohol motifs (C(OH)–C–C–N with tert-alkyl or cyclic N) is 1. The van der Waals surface area contributed by atoms with Gasteiger partial charge in [-0.25, -0.2) is 0 Å². The molecule has 1 heterocycles. The minimum Gasteiger partial charge on any atom is -0.406 e. The molecule has 4 nitrogen and oxygen atoms in total. The number of alkyl halides is 3. The maximum atomic E-state index is 11.9. The number of amides is 1. The number of ether oxygens (including phenoxy) is 1. The standard InChI is InChI=1S/C12H12F3NO3/c13-12(14,15)19-10-3-1-8(2-4-10)5-11(18)16-6-9(17)7-16/h1-4,9,17H,5-7H2. The maximum absolute atomic E-state index is 11.9. The number of benzene rings is 1. The van der Waals surface area contributed by atoms with Gasteiger partial charge >= 0.3 is 6.36 Å². The van der Waals surface area contributed by atoms with Gasteiger partial charge in [0.15, 0.2) is 0 Å². The average Bonchev–Trinajstić information content (AvgIpc) is 2.25. The summed E-state index contributed by atoms with van der Waals surface area (Å²) in [6, 6.07) is 5.16. The molecule has 7 heteroatoms. The number of aliphatic hydroxyl groups excluding tert-OH is 1. The number of hydrogen-bond acceptors (Lipinski definition) is 3. The third-order valence-electron chi connectivity index (χ3n) is 2.73. The van der Waals surface area contributed by atoms with Gasteiger partial charge in [-0.05, 0) is 17.7 Å². The molecule has 2 rings (SSSR count). The highest BCUT2D eigenvalue weighted by atomic mass is 19.4. The van der Waals surface area contributed by atoms with E-state index in [9.17, 15) is 18.0 Å². The second-order valence-corrected chi connectivity index (χ2v) is 4.32. The summed E-state index contributed by atoms with van der Waals surface area (Å²) in [5.41, 5.74) is 0.598. The first kappa shape index (κ1) is 13.7. The van der Waals surface area contributed by atoms with Crippen LogP contribution in [0.1, 0.15) is 5.56 Å². The Bertz CT molecular complexity index is 452. The molecule has 0 aliphatic carbocycles. The van der Waals surface area contributed by atoms with Gasteiger partial charge in [0.25, 0.3) is 0 Å². The lowest BCUT2D eigenvalue weighted by atomic mass is 10.1. The molecule has 1 aromatic rings. The third kappa shape index (κ3) is 3.85. The van der Waals surface area contributed by atoms with Gasteiger partial charge in [-0.15, -0.1) is 13.2 Å². The van der Waals surface area contributed by atoms with E-state index in [0.29, 0.717) is 18.7 Å². The second-order valence-electron chi connectivity index (χ2n) is 4.32. The Hall–Kier alpha value is -1.76. The van der Waals surface area contributed by atoms with Gasteiger partial charge < -0.3 is 14.7 Å². The minimum absolute atomic E-state index is 0.0962. The number of carbonyl (C=O) groups excluding carboxylic acids is 1. The molecule has 104 valence electrons. The van der Waals surface area contributed by atoms with Gasteiger partial charge in [-0.1, -0.05) is 12.1 Å². The van der Waals surface area contributed by atoms with E-state index in [1.165, 1.54) is 29.2 Å². The molecule has 1 saturated heterocycles. The number of rotatable bonds is 3. The zero-order chi connectivity index (χ0) is 14.0. The number of aliphatic hydroxyl groups is 1. The molecule has 0 unspecified atom stereocenters. The van der Waals surface area contributed by atoms with Crippen molar-refractivity contribution in [1.82, 2.24) is 4.90 Å². The van der Waals surface area contributed by atoms with Crippen molar-refractivity contribution in [3.63, 3.8) is 0 Å². The zero-order valence-electron chi connectivity index (χ0n) is 9.85. The largest absolute Gasteiger partial charge is 0.573 e. The number of likely N-dealkylation sites (tertiary alicyclic amines) is 1. The maximum Gasteiger partial charge on any atom is 0.573 e. The van der Waals surface area contributed by atoms with E-state index in [-0.39, 0.29) is 18.1 Å². The lowest BCUT2D eigenvalue weighted by molar-refractivity contribution is -0.274. The van der Waals surface area contributed by atoms with Crippen LogP contribution in [-0.4, -0.2) is 41.5 Å². The molecular weight excluding hydrogens is 263 g/mol. The summed E-state index contributed by atoms with van der Waals surface area (Å²) in [4.78, 5) is 13.1. The van der Waals surface area contributed by atoms with Gasteiger partial charge in [0, 0.05) is 13.1 Å². The van der Waals surface area contributed by atoms with Crippen LogP contribution in [-0.2, 0) is 11.2 Å². The van der Waals surface area contributed by atoms with Crippen molar-refractivity contribution < 1.29 is 27.8 Å². The number of nitrogens with zero attached hydrogens (tertiary/aromatic N) is 1. The molecule has 0 aromatic heterocycles. The summed E-state index contributed by atoms with van der Waals surface area (Å²) in [6.45, 7) is 0.627. The van der Waals surface area contributed by atoms with Crippen molar-refractivity contribution in [2.45, 2.75) is 18.9 Å². The quantitative estimate of drug-likeness (QED) is 0.905. The molecule has 0 radical (unpaired) electrons. The summed E-state index contributed by atoms with van der Waals surface area (Å²) in [7, 11) is 0. The van der Waals surface area contributed by atoms with E-state index in [0.717, 1.165) is 0 Å². The molecule has 1 fully saturated rings. The highest BCUT2D eigenvalue weighted by Crippen LogP contribution is 2.23.